The fraction of sp³-hybridized carbons (Fsp3) is 0.100. The lowest BCUT2D eigenvalue weighted by molar-refractivity contribution is 0.102. The fourth-order valence-corrected chi connectivity index (χ4v) is 3.18. The summed E-state index contributed by atoms with van der Waals surface area (Å²) in [6, 6.07) is 3.48. The number of pyridine rings is 2. The van der Waals surface area contributed by atoms with Gasteiger partial charge in [0.2, 0.25) is 0 Å². The third-order valence-electron chi connectivity index (χ3n) is 5.15. The molecule has 4 aromatic rings. The molecule has 0 aliphatic carbocycles. The van der Waals surface area contributed by atoms with Gasteiger partial charge in [-0.3, -0.25) is 9.78 Å². The molecule has 0 saturated carbocycles. The van der Waals surface area contributed by atoms with Gasteiger partial charge in [-0.25, -0.2) is 14.4 Å². The summed E-state index contributed by atoms with van der Waals surface area (Å²) in [4.78, 5) is 25.6. The molecule has 31 heavy (non-hydrogen) atoms. The third kappa shape index (κ3) is 3.54. The van der Waals surface area contributed by atoms with Crippen LogP contribution < -0.4 is 27.2 Å². The Morgan fingerprint density at radius 3 is 2.29 bits per heavy atom. The zero-order valence-corrected chi connectivity index (χ0v) is 16.8. The Kier molecular flexibility index (Phi) is 5.21. The van der Waals surface area contributed by atoms with Crippen LogP contribution in [0.3, 0.4) is 0 Å². The molecule has 3 aromatic heterocycles. The molecule has 0 saturated heterocycles. The molecular weight excluding hydrogens is 389 g/mol. The summed E-state index contributed by atoms with van der Waals surface area (Å²) < 4.78 is 16.5. The van der Waals surface area contributed by atoms with Gasteiger partial charge in [0.25, 0.3) is 5.91 Å². The molecule has 3 heterocycles. The van der Waals surface area contributed by atoms with E-state index < -0.39 is 22.8 Å². The number of rotatable bonds is 3. The SMILES string of the molecule is [B]c1c([B])c([B])c(C(=O)Nc2cc3cc(-c4cnc(C)n4C)ncc3cn2)c(F)c1[B]. The number of anilines is 1. The maximum absolute atomic E-state index is 14.6. The molecule has 4 rings (SSSR count). The van der Waals surface area contributed by atoms with Gasteiger partial charge in [-0.15, -0.1) is 10.9 Å². The zero-order chi connectivity index (χ0) is 22.4. The van der Waals surface area contributed by atoms with Crippen molar-refractivity contribution in [2.75, 3.05) is 5.32 Å². The van der Waals surface area contributed by atoms with Gasteiger partial charge in [0.1, 0.15) is 48.8 Å². The van der Waals surface area contributed by atoms with Crippen molar-refractivity contribution in [1.82, 2.24) is 19.5 Å². The van der Waals surface area contributed by atoms with Gasteiger partial charge in [0.05, 0.1) is 23.1 Å². The zero-order valence-electron chi connectivity index (χ0n) is 16.8. The van der Waals surface area contributed by atoms with Crippen LogP contribution in [0.4, 0.5) is 10.2 Å². The quantitative estimate of drug-likeness (QED) is 0.444. The molecule has 8 radical (unpaired) electrons. The molecule has 0 atom stereocenters. The Bertz CT molecular complexity index is 1340. The fourth-order valence-electron chi connectivity index (χ4n) is 3.18. The molecule has 1 amide bonds. The van der Waals surface area contributed by atoms with Crippen LogP contribution >= 0.6 is 0 Å². The number of aromatic nitrogens is 4. The number of imidazole rings is 1. The number of nitrogens with zero attached hydrogens (tertiary/aromatic N) is 4. The van der Waals surface area contributed by atoms with Crippen LogP contribution in [-0.4, -0.2) is 56.8 Å². The van der Waals surface area contributed by atoms with Crippen molar-refractivity contribution in [3.05, 3.63) is 47.9 Å². The molecule has 0 bridgehead atoms. The van der Waals surface area contributed by atoms with E-state index in [2.05, 4.69) is 20.3 Å². The van der Waals surface area contributed by atoms with Crippen molar-refractivity contribution >= 4 is 75.7 Å². The van der Waals surface area contributed by atoms with Gasteiger partial charge in [0, 0.05) is 24.8 Å². The standard InChI is InChI=1S/C20H12B4FN5O/c1-8-26-7-12(30(8)2)11-3-9-4-13(28-6-10(9)5-27-11)29-20(31)14-15(21)16(22)17(23)18(24)19(14)25/h3-7H,1-2H3,(H,28,29,31). The minimum absolute atomic E-state index is 0.155. The monoisotopic (exact) mass is 401 g/mol. The molecule has 11 heteroatoms. The lowest BCUT2D eigenvalue weighted by Crippen LogP contribution is -2.52. The number of carbonyl (C=O) groups is 1. The average Bonchev–Trinajstić information content (AvgIpc) is 3.09. The van der Waals surface area contributed by atoms with Gasteiger partial charge >= 0.3 is 0 Å². The topological polar surface area (TPSA) is 72.7 Å². The molecule has 0 spiro atoms. The van der Waals surface area contributed by atoms with Gasteiger partial charge in [0.15, 0.2) is 0 Å². The highest BCUT2D eigenvalue weighted by Gasteiger charge is 2.20. The first-order valence-electron chi connectivity index (χ1n) is 9.16. The highest BCUT2D eigenvalue weighted by molar-refractivity contribution is 6.63. The van der Waals surface area contributed by atoms with Gasteiger partial charge in [-0.1, -0.05) is 10.9 Å². The molecule has 0 fully saturated rings. The molecular formula is C20H12B4FN5O. The Morgan fingerprint density at radius 1 is 0.935 bits per heavy atom. The minimum atomic E-state index is -1.04. The number of halogens is 1. The number of aryl methyl sites for hydroxylation is 1. The number of hydrogen-bond donors (Lipinski definition) is 1. The predicted octanol–water partition coefficient (Wildman–Crippen LogP) is -1.09. The molecule has 142 valence electrons. The first-order chi connectivity index (χ1) is 14.7. The minimum Gasteiger partial charge on any atom is -0.330 e. The van der Waals surface area contributed by atoms with Crippen molar-refractivity contribution in [3.8, 4) is 11.4 Å². The van der Waals surface area contributed by atoms with E-state index in [1.807, 2.05) is 24.6 Å². The highest BCUT2D eigenvalue weighted by Crippen LogP contribution is 2.23. The van der Waals surface area contributed by atoms with Crippen LogP contribution in [0.25, 0.3) is 22.2 Å². The number of fused-ring (bicyclic) bond motifs is 1. The third-order valence-corrected chi connectivity index (χ3v) is 5.15. The summed E-state index contributed by atoms with van der Waals surface area (Å²) in [5.74, 6) is -0.859. The number of hydrogen-bond acceptors (Lipinski definition) is 4. The lowest BCUT2D eigenvalue weighted by atomic mass is 9.65. The summed E-state index contributed by atoms with van der Waals surface area (Å²) in [7, 11) is 24.6. The number of carbonyl (C=O) groups excluding carboxylic acids is 1. The van der Waals surface area contributed by atoms with Crippen molar-refractivity contribution in [1.29, 1.82) is 0 Å². The molecule has 1 N–H and O–H groups in total. The Labute approximate surface area is 183 Å². The smallest absolute Gasteiger partial charge is 0.259 e. The number of nitrogens with one attached hydrogen (secondary N) is 1. The maximum atomic E-state index is 14.6. The summed E-state index contributed by atoms with van der Waals surface area (Å²) >= 11 is 0. The normalized spacial score (nSPS) is 11.1. The first kappa shape index (κ1) is 20.9. The highest BCUT2D eigenvalue weighted by atomic mass is 19.1. The van der Waals surface area contributed by atoms with Gasteiger partial charge < -0.3 is 9.88 Å². The van der Waals surface area contributed by atoms with E-state index >= 15 is 0 Å². The van der Waals surface area contributed by atoms with Crippen molar-refractivity contribution < 1.29 is 9.18 Å². The van der Waals surface area contributed by atoms with Crippen LogP contribution in [0.1, 0.15) is 16.2 Å². The summed E-state index contributed by atoms with van der Waals surface area (Å²) in [6.07, 6.45) is 4.95. The van der Waals surface area contributed by atoms with E-state index in [0.29, 0.717) is 5.69 Å². The molecule has 0 aliphatic rings. The Hall–Kier alpha value is -3.35. The van der Waals surface area contributed by atoms with E-state index in [1.165, 1.54) is 0 Å². The van der Waals surface area contributed by atoms with Crippen LogP contribution in [0.5, 0.6) is 0 Å². The Morgan fingerprint density at radius 2 is 1.61 bits per heavy atom. The number of amides is 1. The lowest BCUT2D eigenvalue weighted by Gasteiger charge is -2.17. The maximum Gasteiger partial charge on any atom is 0.259 e. The van der Waals surface area contributed by atoms with E-state index in [9.17, 15) is 9.18 Å². The largest absolute Gasteiger partial charge is 0.330 e. The van der Waals surface area contributed by atoms with Gasteiger partial charge in [-0.2, -0.15) is 0 Å². The Balaban J connectivity index is 1.71. The van der Waals surface area contributed by atoms with Crippen molar-refractivity contribution in [2.45, 2.75) is 6.92 Å². The van der Waals surface area contributed by atoms with Crippen LogP contribution in [0.2, 0.25) is 0 Å². The molecule has 6 nitrogen and oxygen atoms in total. The molecule has 1 aromatic carbocycles. The predicted molar refractivity (Wildman–Crippen MR) is 122 cm³/mol. The van der Waals surface area contributed by atoms with E-state index in [4.69, 9.17) is 31.4 Å². The summed E-state index contributed by atoms with van der Waals surface area (Å²) in [6.45, 7) is 1.89. The first-order valence-corrected chi connectivity index (χ1v) is 9.16. The van der Waals surface area contributed by atoms with Crippen LogP contribution in [0.15, 0.2) is 30.7 Å². The average molecular weight is 401 g/mol. The second-order valence-corrected chi connectivity index (χ2v) is 7.03. The second-order valence-electron chi connectivity index (χ2n) is 7.03. The van der Waals surface area contributed by atoms with Crippen molar-refractivity contribution in [3.63, 3.8) is 0 Å². The molecule has 0 aliphatic heterocycles. The van der Waals surface area contributed by atoms with Crippen LogP contribution in [0, 0.1) is 12.7 Å². The molecule has 0 unspecified atom stereocenters. The van der Waals surface area contributed by atoms with Crippen molar-refractivity contribution in [2.24, 2.45) is 7.05 Å². The summed E-state index contributed by atoms with van der Waals surface area (Å²) in [5, 5.41) is 4.04. The van der Waals surface area contributed by atoms with Gasteiger partial charge in [-0.05, 0) is 24.4 Å². The second kappa shape index (κ2) is 7.72. The van der Waals surface area contributed by atoms with E-state index in [0.717, 1.165) is 22.3 Å². The van der Waals surface area contributed by atoms with Crippen LogP contribution in [-0.2, 0) is 7.05 Å². The summed E-state index contributed by atoms with van der Waals surface area (Å²) in [5.41, 5.74) is -0.0469. The van der Waals surface area contributed by atoms with E-state index in [-0.39, 0.29) is 22.2 Å². The number of benzene rings is 1. The van der Waals surface area contributed by atoms with E-state index in [1.54, 1.807) is 24.7 Å².